The third-order valence-electron chi connectivity index (χ3n) is 3.79. The van der Waals surface area contributed by atoms with Gasteiger partial charge in [-0.3, -0.25) is 4.79 Å². The fourth-order valence-electron chi connectivity index (χ4n) is 2.68. The van der Waals surface area contributed by atoms with Crippen LogP contribution in [0.25, 0.3) is 0 Å². The molecule has 0 spiro atoms. The largest absolute Gasteiger partial charge is 0.306 e. The van der Waals surface area contributed by atoms with E-state index in [2.05, 4.69) is 32.3 Å². The number of halogens is 1. The molecule has 1 N–H and O–H groups in total. The lowest BCUT2D eigenvalue weighted by atomic mass is 10.1. The van der Waals surface area contributed by atoms with Gasteiger partial charge in [0.1, 0.15) is 5.82 Å². The summed E-state index contributed by atoms with van der Waals surface area (Å²) in [7, 11) is 0. The monoisotopic (exact) mass is 326 g/mol. The quantitative estimate of drug-likeness (QED) is 0.902. The average molecular weight is 327 g/mol. The Morgan fingerprint density at radius 1 is 1.35 bits per heavy atom. The van der Waals surface area contributed by atoms with E-state index in [1.54, 1.807) is 6.20 Å². The number of hydrogen-bond acceptors (Lipinski definition) is 2. The molecular weight excluding hydrogens is 316 g/mol. The van der Waals surface area contributed by atoms with E-state index in [4.69, 9.17) is 0 Å². The number of rotatable bonds is 2. The molecule has 1 heterocycles. The van der Waals surface area contributed by atoms with E-state index < -0.39 is 0 Å². The Balaban J connectivity index is 1.64. The molecule has 4 rings (SSSR count). The minimum Gasteiger partial charge on any atom is -0.306 e. The number of amides is 1. The van der Waals surface area contributed by atoms with Crippen LogP contribution in [0.15, 0.2) is 62.8 Å². The normalized spacial score (nSPS) is 18.2. The second-order valence-corrected chi connectivity index (χ2v) is 6.09. The molecule has 0 bridgehead atoms. The van der Waals surface area contributed by atoms with E-state index in [0.29, 0.717) is 5.82 Å². The van der Waals surface area contributed by atoms with Crippen molar-refractivity contribution < 1.29 is 4.79 Å². The van der Waals surface area contributed by atoms with Gasteiger partial charge in [0.05, 0.1) is 0 Å². The molecule has 1 fully saturated rings. The molecule has 0 aromatic carbocycles. The van der Waals surface area contributed by atoms with Crippen LogP contribution in [0, 0.1) is 6.92 Å². The number of aromatic nitrogens is 1. The zero-order chi connectivity index (χ0) is 13.9. The molecule has 3 aliphatic rings. The summed E-state index contributed by atoms with van der Waals surface area (Å²) in [4.78, 5) is 16.6. The average Bonchev–Trinajstić information content (AvgIpc) is 2.89. The summed E-state index contributed by atoms with van der Waals surface area (Å²) in [6.45, 7) is 1.93. The molecule has 4 heteroatoms. The highest BCUT2D eigenvalue weighted by atomic mass is 79.9. The van der Waals surface area contributed by atoms with Crippen molar-refractivity contribution >= 4 is 27.7 Å². The lowest BCUT2D eigenvalue weighted by molar-refractivity contribution is -0.112. The number of pyridine rings is 1. The third-order valence-corrected chi connectivity index (χ3v) is 4.23. The Kier molecular flexibility index (Phi) is 2.39. The van der Waals surface area contributed by atoms with Crippen LogP contribution >= 0.6 is 15.9 Å². The third kappa shape index (κ3) is 1.72. The van der Waals surface area contributed by atoms with Crippen molar-refractivity contribution in [2.24, 2.45) is 0 Å². The molecule has 0 saturated heterocycles. The Hall–Kier alpha value is -1.94. The molecule has 20 heavy (non-hydrogen) atoms. The van der Waals surface area contributed by atoms with Crippen molar-refractivity contribution in [3.63, 3.8) is 0 Å². The van der Waals surface area contributed by atoms with Crippen LogP contribution in [0.5, 0.6) is 0 Å². The highest BCUT2D eigenvalue weighted by molar-refractivity contribution is 9.10. The standard InChI is InChI=1S/C16H11BrN2O/c1-8-4-10(17)7-18-15(8)19-16(20)12-3-2-11-13-5-9(13)6-14(11)12/h2-4,6-7H,5H2,1H3,(H,18,19,20). The second-order valence-electron chi connectivity index (χ2n) is 5.17. The number of allylic oxidation sites excluding steroid dienone is 6. The lowest BCUT2D eigenvalue weighted by Crippen LogP contribution is -2.15. The van der Waals surface area contributed by atoms with Crippen molar-refractivity contribution in [2.75, 3.05) is 5.32 Å². The van der Waals surface area contributed by atoms with Gasteiger partial charge in [0, 0.05) is 16.2 Å². The summed E-state index contributed by atoms with van der Waals surface area (Å²) in [5.74, 6) is 0.513. The van der Waals surface area contributed by atoms with E-state index in [1.807, 2.05) is 25.1 Å². The van der Waals surface area contributed by atoms with Crippen molar-refractivity contribution in [1.82, 2.24) is 4.98 Å². The molecule has 1 aromatic heterocycles. The van der Waals surface area contributed by atoms with Crippen LogP contribution in [-0.4, -0.2) is 10.9 Å². The molecule has 1 amide bonds. The van der Waals surface area contributed by atoms with E-state index in [9.17, 15) is 4.79 Å². The van der Waals surface area contributed by atoms with Gasteiger partial charge in [0.15, 0.2) is 0 Å². The van der Waals surface area contributed by atoms with Gasteiger partial charge >= 0.3 is 0 Å². The van der Waals surface area contributed by atoms with Crippen LogP contribution < -0.4 is 5.32 Å². The molecule has 3 nitrogen and oxygen atoms in total. The van der Waals surface area contributed by atoms with Crippen LogP contribution in [0.2, 0.25) is 0 Å². The molecule has 3 aliphatic carbocycles. The molecule has 1 aromatic rings. The molecule has 0 unspecified atom stereocenters. The Bertz CT molecular complexity index is 797. The van der Waals surface area contributed by atoms with Crippen molar-refractivity contribution in [3.8, 4) is 0 Å². The lowest BCUT2D eigenvalue weighted by Gasteiger charge is -2.08. The van der Waals surface area contributed by atoms with Gasteiger partial charge in [0.2, 0.25) is 0 Å². The van der Waals surface area contributed by atoms with Crippen LogP contribution in [0.1, 0.15) is 12.0 Å². The first-order valence-electron chi connectivity index (χ1n) is 6.44. The van der Waals surface area contributed by atoms with Crippen LogP contribution in [0.4, 0.5) is 5.82 Å². The minimum atomic E-state index is -0.0945. The number of nitrogens with zero attached hydrogens (tertiary/aromatic N) is 1. The summed E-state index contributed by atoms with van der Waals surface area (Å²) in [5, 5.41) is 2.89. The number of aryl methyl sites for hydroxylation is 1. The van der Waals surface area contributed by atoms with E-state index in [-0.39, 0.29) is 5.91 Å². The summed E-state index contributed by atoms with van der Waals surface area (Å²) < 4.78 is 0.906. The Labute approximate surface area is 124 Å². The fraction of sp³-hybridized carbons (Fsp3) is 0.125. The fourth-order valence-corrected chi connectivity index (χ4v) is 3.13. The Morgan fingerprint density at radius 2 is 2.20 bits per heavy atom. The van der Waals surface area contributed by atoms with Crippen LogP contribution in [0.3, 0.4) is 0 Å². The predicted octanol–water partition coefficient (Wildman–Crippen LogP) is 3.60. The summed E-state index contributed by atoms with van der Waals surface area (Å²) in [5.41, 5.74) is 6.74. The number of anilines is 1. The topological polar surface area (TPSA) is 42.0 Å². The van der Waals surface area contributed by atoms with Crippen molar-refractivity contribution in [1.29, 1.82) is 0 Å². The highest BCUT2D eigenvalue weighted by Crippen LogP contribution is 2.51. The first-order chi connectivity index (χ1) is 9.63. The number of nitrogens with one attached hydrogen (secondary N) is 1. The van der Waals surface area contributed by atoms with Gasteiger partial charge in [-0.1, -0.05) is 6.08 Å². The maximum Gasteiger partial charge on any atom is 0.257 e. The van der Waals surface area contributed by atoms with Gasteiger partial charge in [0.25, 0.3) is 5.91 Å². The molecule has 98 valence electrons. The van der Waals surface area contributed by atoms with Crippen molar-refractivity contribution in [2.45, 2.75) is 13.3 Å². The first kappa shape index (κ1) is 11.9. The van der Waals surface area contributed by atoms with Gasteiger partial charge in [-0.2, -0.15) is 0 Å². The summed E-state index contributed by atoms with van der Waals surface area (Å²) >= 11 is 3.37. The number of carbonyl (C=O) groups is 1. The maximum absolute atomic E-state index is 12.4. The van der Waals surface area contributed by atoms with Gasteiger partial charge in [-0.05, 0) is 75.3 Å². The zero-order valence-electron chi connectivity index (χ0n) is 10.8. The minimum absolute atomic E-state index is 0.0945. The predicted molar refractivity (Wildman–Crippen MR) is 81.2 cm³/mol. The molecule has 0 aliphatic heterocycles. The molecule has 1 saturated carbocycles. The van der Waals surface area contributed by atoms with E-state index in [1.165, 1.54) is 16.7 Å². The highest BCUT2D eigenvalue weighted by Gasteiger charge is 2.35. The number of fused-ring (bicyclic) bond motifs is 2. The SMILES string of the molecule is Cc1cc(Br)cnc1NC(=O)C1=C2C=C3CC3=C2C=C1. The van der Waals surface area contributed by atoms with Gasteiger partial charge in [-0.15, -0.1) is 0 Å². The summed E-state index contributed by atoms with van der Waals surface area (Å²) in [6.07, 6.45) is 8.84. The second kappa shape index (κ2) is 4.03. The molecule has 0 atom stereocenters. The molecule has 0 radical (unpaired) electrons. The van der Waals surface area contributed by atoms with Crippen LogP contribution in [-0.2, 0) is 4.79 Å². The Morgan fingerprint density at radius 3 is 3.00 bits per heavy atom. The number of carbonyl (C=O) groups excluding carboxylic acids is 1. The maximum atomic E-state index is 12.4. The smallest absolute Gasteiger partial charge is 0.257 e. The van der Waals surface area contributed by atoms with Gasteiger partial charge < -0.3 is 5.32 Å². The van der Waals surface area contributed by atoms with Crippen molar-refractivity contribution in [3.05, 3.63) is 68.4 Å². The molecular formula is C16H11BrN2O. The van der Waals surface area contributed by atoms with E-state index >= 15 is 0 Å². The number of hydrogen-bond donors (Lipinski definition) is 1. The first-order valence-corrected chi connectivity index (χ1v) is 7.23. The van der Waals surface area contributed by atoms with E-state index in [0.717, 1.165) is 27.6 Å². The van der Waals surface area contributed by atoms with Gasteiger partial charge in [-0.25, -0.2) is 4.98 Å². The summed E-state index contributed by atoms with van der Waals surface area (Å²) in [6, 6.07) is 1.94. The zero-order valence-corrected chi connectivity index (χ0v) is 12.4.